The Labute approximate surface area is 117 Å². The second-order valence-electron chi connectivity index (χ2n) is 5.39. The largest absolute Gasteiger partial charge is 0.386 e. The number of nitrogens with zero attached hydrogens (tertiary/aromatic N) is 2. The van der Waals surface area contributed by atoms with Crippen LogP contribution in [0.5, 0.6) is 0 Å². The van der Waals surface area contributed by atoms with E-state index in [9.17, 15) is 20.0 Å². The van der Waals surface area contributed by atoms with Gasteiger partial charge in [0, 0.05) is 17.7 Å². The van der Waals surface area contributed by atoms with Gasteiger partial charge in [-0.3, -0.25) is 14.9 Å². The number of non-ortho nitro benzene ring substituents is 1. The summed E-state index contributed by atoms with van der Waals surface area (Å²) in [6.45, 7) is 4.31. The third kappa shape index (κ3) is 2.65. The van der Waals surface area contributed by atoms with Crippen molar-refractivity contribution < 1.29 is 14.8 Å². The summed E-state index contributed by atoms with van der Waals surface area (Å²) in [7, 11) is 0. The number of benzene rings is 1. The molecule has 0 unspecified atom stereocenters. The van der Waals surface area contributed by atoms with E-state index in [1.807, 2.05) is 6.92 Å². The zero-order valence-corrected chi connectivity index (χ0v) is 11.6. The molecule has 0 saturated carbocycles. The Balaban J connectivity index is 2.15. The second kappa shape index (κ2) is 5.20. The number of rotatable bonds is 4. The summed E-state index contributed by atoms with van der Waals surface area (Å²) in [5.74, 6) is -0.257. The molecule has 1 aliphatic rings. The van der Waals surface area contributed by atoms with Crippen LogP contribution in [-0.4, -0.2) is 39.5 Å². The lowest BCUT2D eigenvalue weighted by Gasteiger charge is -2.46. The van der Waals surface area contributed by atoms with E-state index in [4.69, 9.17) is 0 Å². The molecule has 1 aromatic carbocycles. The van der Waals surface area contributed by atoms with Crippen molar-refractivity contribution >= 4 is 11.6 Å². The lowest BCUT2D eigenvalue weighted by atomic mass is 9.88. The third-order valence-corrected chi connectivity index (χ3v) is 3.64. The van der Waals surface area contributed by atoms with Gasteiger partial charge in [0.15, 0.2) is 0 Å². The van der Waals surface area contributed by atoms with E-state index in [2.05, 4.69) is 0 Å². The summed E-state index contributed by atoms with van der Waals surface area (Å²) in [4.78, 5) is 24.1. The smallest absolute Gasteiger partial charge is 0.270 e. The maximum absolute atomic E-state index is 12.3. The van der Waals surface area contributed by atoms with Crippen LogP contribution in [0.1, 0.15) is 35.7 Å². The molecule has 0 aromatic heterocycles. The SMILES string of the molecule is CCCC1(O)CN(C(=O)c2cc([N+](=O)[O-])ccc2C)C1. The molecule has 1 aliphatic heterocycles. The van der Waals surface area contributed by atoms with Crippen LogP contribution in [0.25, 0.3) is 0 Å². The Morgan fingerprint density at radius 1 is 1.50 bits per heavy atom. The van der Waals surface area contributed by atoms with Gasteiger partial charge in [0.1, 0.15) is 0 Å². The summed E-state index contributed by atoms with van der Waals surface area (Å²) in [5.41, 5.74) is 0.145. The monoisotopic (exact) mass is 278 g/mol. The molecule has 6 nitrogen and oxygen atoms in total. The third-order valence-electron chi connectivity index (χ3n) is 3.64. The standard InChI is InChI=1S/C14H18N2O4/c1-3-6-14(18)8-15(9-14)13(17)12-7-11(16(19)20)5-4-10(12)2/h4-5,7,18H,3,6,8-9H2,1-2H3. The lowest BCUT2D eigenvalue weighted by molar-refractivity contribution is -0.384. The van der Waals surface area contributed by atoms with Gasteiger partial charge in [-0.05, 0) is 18.9 Å². The van der Waals surface area contributed by atoms with Crippen LogP contribution < -0.4 is 0 Å². The summed E-state index contributed by atoms with van der Waals surface area (Å²) in [6, 6.07) is 4.26. The fraction of sp³-hybridized carbons (Fsp3) is 0.500. The molecule has 1 N–H and O–H groups in total. The van der Waals surface area contributed by atoms with Gasteiger partial charge in [0.25, 0.3) is 11.6 Å². The van der Waals surface area contributed by atoms with Gasteiger partial charge in [-0.25, -0.2) is 0 Å². The molecule has 0 atom stereocenters. The summed E-state index contributed by atoms with van der Waals surface area (Å²) >= 11 is 0. The van der Waals surface area contributed by atoms with Crippen LogP contribution >= 0.6 is 0 Å². The predicted octanol–water partition coefficient (Wildman–Crippen LogP) is 1.89. The topological polar surface area (TPSA) is 83.7 Å². The fourth-order valence-corrected chi connectivity index (χ4v) is 2.56. The Morgan fingerprint density at radius 3 is 2.70 bits per heavy atom. The molecule has 2 rings (SSSR count). The number of aryl methyl sites for hydroxylation is 1. The minimum Gasteiger partial charge on any atom is -0.386 e. The molecule has 6 heteroatoms. The Hall–Kier alpha value is -1.95. The van der Waals surface area contributed by atoms with Crippen molar-refractivity contribution in [2.45, 2.75) is 32.3 Å². The van der Waals surface area contributed by atoms with Gasteiger partial charge < -0.3 is 10.0 Å². The van der Waals surface area contributed by atoms with Crippen LogP contribution in [0.4, 0.5) is 5.69 Å². The zero-order valence-electron chi connectivity index (χ0n) is 11.6. The summed E-state index contributed by atoms with van der Waals surface area (Å²) < 4.78 is 0. The second-order valence-corrected chi connectivity index (χ2v) is 5.39. The molecule has 108 valence electrons. The van der Waals surface area contributed by atoms with Crippen molar-refractivity contribution in [1.82, 2.24) is 4.90 Å². The normalized spacial score (nSPS) is 16.6. The molecule has 0 aliphatic carbocycles. The number of carbonyl (C=O) groups is 1. The van der Waals surface area contributed by atoms with Gasteiger partial charge in [-0.1, -0.05) is 19.4 Å². The van der Waals surface area contributed by atoms with E-state index in [-0.39, 0.29) is 11.6 Å². The van der Waals surface area contributed by atoms with E-state index in [0.717, 1.165) is 6.42 Å². The van der Waals surface area contributed by atoms with Gasteiger partial charge in [0.05, 0.1) is 23.6 Å². The molecule has 1 amide bonds. The zero-order chi connectivity index (χ0) is 14.9. The van der Waals surface area contributed by atoms with Gasteiger partial charge in [0.2, 0.25) is 0 Å². The van der Waals surface area contributed by atoms with Crippen LogP contribution in [0.3, 0.4) is 0 Å². The maximum atomic E-state index is 12.3. The number of aliphatic hydroxyl groups is 1. The van der Waals surface area contributed by atoms with E-state index in [1.54, 1.807) is 13.0 Å². The Morgan fingerprint density at radius 2 is 2.15 bits per heavy atom. The minimum atomic E-state index is -0.793. The van der Waals surface area contributed by atoms with Gasteiger partial charge in [-0.2, -0.15) is 0 Å². The maximum Gasteiger partial charge on any atom is 0.270 e. The number of nitro groups is 1. The van der Waals surface area contributed by atoms with Crippen molar-refractivity contribution in [2.75, 3.05) is 13.1 Å². The van der Waals surface area contributed by atoms with Gasteiger partial charge >= 0.3 is 0 Å². The average molecular weight is 278 g/mol. The molecule has 0 bridgehead atoms. The number of hydrogen-bond acceptors (Lipinski definition) is 4. The minimum absolute atomic E-state index is 0.0942. The van der Waals surface area contributed by atoms with E-state index >= 15 is 0 Å². The van der Waals surface area contributed by atoms with Crippen LogP contribution in [-0.2, 0) is 0 Å². The highest BCUT2D eigenvalue weighted by molar-refractivity contribution is 5.97. The first-order valence-electron chi connectivity index (χ1n) is 6.63. The number of carbonyl (C=O) groups excluding carboxylic acids is 1. The van der Waals surface area contributed by atoms with Crippen LogP contribution in [0.2, 0.25) is 0 Å². The van der Waals surface area contributed by atoms with Crippen molar-refractivity contribution in [3.8, 4) is 0 Å². The predicted molar refractivity (Wildman–Crippen MR) is 73.6 cm³/mol. The first-order valence-corrected chi connectivity index (χ1v) is 6.63. The number of β-amino-alcohol motifs (C(OH)–C–C–N with tert-alkyl or cyclic N) is 1. The molecular formula is C14H18N2O4. The fourth-order valence-electron chi connectivity index (χ4n) is 2.56. The molecule has 0 spiro atoms. The lowest BCUT2D eigenvalue weighted by Crippen LogP contribution is -2.63. The number of hydrogen-bond donors (Lipinski definition) is 1. The molecule has 20 heavy (non-hydrogen) atoms. The van der Waals surface area contributed by atoms with Crippen molar-refractivity contribution in [3.05, 3.63) is 39.4 Å². The van der Waals surface area contributed by atoms with Crippen molar-refractivity contribution in [3.63, 3.8) is 0 Å². The molecule has 1 aromatic rings. The molecule has 0 radical (unpaired) electrons. The van der Waals surface area contributed by atoms with Crippen molar-refractivity contribution in [1.29, 1.82) is 0 Å². The highest BCUT2D eigenvalue weighted by Crippen LogP contribution is 2.28. The number of likely N-dealkylation sites (tertiary alicyclic amines) is 1. The van der Waals surface area contributed by atoms with Crippen LogP contribution in [0, 0.1) is 17.0 Å². The average Bonchev–Trinajstić information content (AvgIpc) is 2.35. The highest BCUT2D eigenvalue weighted by atomic mass is 16.6. The number of nitro benzene ring substituents is 1. The van der Waals surface area contributed by atoms with E-state index in [1.165, 1.54) is 17.0 Å². The molecule has 1 heterocycles. The number of amides is 1. The molecule has 1 saturated heterocycles. The molecular weight excluding hydrogens is 260 g/mol. The van der Waals surface area contributed by atoms with Crippen LogP contribution in [0.15, 0.2) is 18.2 Å². The Kier molecular flexibility index (Phi) is 3.76. The first kappa shape index (κ1) is 14.5. The molecule has 1 fully saturated rings. The quantitative estimate of drug-likeness (QED) is 0.673. The van der Waals surface area contributed by atoms with E-state index in [0.29, 0.717) is 30.6 Å². The van der Waals surface area contributed by atoms with Gasteiger partial charge in [-0.15, -0.1) is 0 Å². The summed E-state index contributed by atoms with van der Waals surface area (Å²) in [6.07, 6.45) is 1.51. The highest BCUT2D eigenvalue weighted by Gasteiger charge is 2.43. The van der Waals surface area contributed by atoms with Crippen molar-refractivity contribution in [2.24, 2.45) is 0 Å². The summed E-state index contributed by atoms with van der Waals surface area (Å²) in [5, 5.41) is 20.9. The first-order chi connectivity index (χ1) is 9.36. The van der Waals surface area contributed by atoms with E-state index < -0.39 is 10.5 Å². The Bertz CT molecular complexity index is 550.